The Morgan fingerprint density at radius 2 is 1.83 bits per heavy atom. The second-order valence-electron chi connectivity index (χ2n) is 2.19. The van der Waals surface area contributed by atoms with Crippen LogP contribution in [0.5, 0.6) is 0 Å². The van der Waals surface area contributed by atoms with Crippen molar-refractivity contribution >= 4 is 21.5 Å². The van der Waals surface area contributed by atoms with Crippen molar-refractivity contribution in [3.8, 4) is 0 Å². The first-order valence-electron chi connectivity index (χ1n) is 2.96. The Balaban J connectivity index is 3.43. The van der Waals surface area contributed by atoms with Crippen LogP contribution in [0.4, 0.5) is 11.4 Å². The largest absolute Gasteiger partial charge is 0.301 e. The lowest BCUT2D eigenvalue weighted by molar-refractivity contribution is 0.483. The molecule has 2 radical (unpaired) electrons. The van der Waals surface area contributed by atoms with E-state index in [0.29, 0.717) is 0 Å². The highest BCUT2D eigenvalue weighted by atomic mass is 32.2. The maximum Gasteiger partial charge on any atom is 0.296 e. The molecule has 12 heavy (non-hydrogen) atoms. The van der Waals surface area contributed by atoms with Gasteiger partial charge >= 0.3 is 0 Å². The Morgan fingerprint density at radius 3 is 2.25 bits per heavy atom. The van der Waals surface area contributed by atoms with E-state index < -0.39 is 15.0 Å². The minimum absolute atomic E-state index is 0.0568. The summed E-state index contributed by atoms with van der Waals surface area (Å²) >= 11 is 0. The predicted octanol–water partition coefficient (Wildman–Crippen LogP) is 0.762. The van der Waals surface area contributed by atoms with Crippen molar-refractivity contribution in [2.24, 2.45) is 0 Å². The Labute approximate surface area is 69.7 Å². The average molecular weight is 186 g/mol. The lowest BCUT2D eigenvalue weighted by Crippen LogP contribution is -1.99. The van der Waals surface area contributed by atoms with E-state index in [1.807, 2.05) is 0 Å². The molecule has 5 nitrogen and oxygen atoms in total. The van der Waals surface area contributed by atoms with Gasteiger partial charge in [0.2, 0.25) is 0 Å². The second kappa shape index (κ2) is 2.65. The van der Waals surface area contributed by atoms with E-state index in [1.165, 1.54) is 6.07 Å². The molecule has 0 heterocycles. The number of nitrogens with one attached hydrogen (secondary N) is 2. The van der Waals surface area contributed by atoms with Gasteiger partial charge < -0.3 is 5.73 Å². The molecule has 0 atom stereocenters. The van der Waals surface area contributed by atoms with Gasteiger partial charge in [-0.15, -0.1) is 0 Å². The number of hydrogen-bond acceptors (Lipinski definition) is 2. The molecule has 0 amide bonds. The fourth-order valence-corrected chi connectivity index (χ4v) is 1.36. The van der Waals surface area contributed by atoms with Crippen LogP contribution in [0, 0.1) is 0 Å². The summed E-state index contributed by atoms with van der Waals surface area (Å²) in [5.41, 5.74) is 13.8. The molecular weight excluding hydrogens is 180 g/mol. The van der Waals surface area contributed by atoms with Crippen LogP contribution in [0.25, 0.3) is 0 Å². The van der Waals surface area contributed by atoms with E-state index in [4.69, 9.17) is 16.0 Å². The van der Waals surface area contributed by atoms with Crippen LogP contribution < -0.4 is 11.5 Å². The molecule has 0 spiro atoms. The number of benzene rings is 1. The summed E-state index contributed by atoms with van der Waals surface area (Å²) in [5.74, 6) is 0. The summed E-state index contributed by atoms with van der Waals surface area (Å²) < 4.78 is 29.7. The van der Waals surface area contributed by atoms with Gasteiger partial charge in [-0.1, -0.05) is 0 Å². The zero-order valence-corrected chi connectivity index (χ0v) is 6.72. The summed E-state index contributed by atoms with van der Waals surface area (Å²) in [4.78, 5) is -0.532. The quantitative estimate of drug-likeness (QED) is 0.655. The van der Waals surface area contributed by atoms with E-state index in [2.05, 4.69) is 0 Å². The van der Waals surface area contributed by atoms with Crippen LogP contribution in [-0.4, -0.2) is 13.0 Å². The molecule has 3 N–H and O–H groups in total. The first-order chi connectivity index (χ1) is 5.41. The normalized spacial score (nSPS) is 11.4. The Morgan fingerprint density at radius 1 is 1.25 bits per heavy atom. The van der Waals surface area contributed by atoms with Gasteiger partial charge in [0.1, 0.15) is 4.90 Å². The number of rotatable bonds is 1. The fourth-order valence-electron chi connectivity index (χ4n) is 0.736. The van der Waals surface area contributed by atoms with E-state index in [0.717, 1.165) is 12.1 Å². The highest BCUT2D eigenvalue weighted by Gasteiger charge is 2.13. The Bertz CT molecular complexity index is 399. The Hall–Kier alpha value is -1.27. The first-order valence-corrected chi connectivity index (χ1v) is 4.40. The third kappa shape index (κ3) is 1.66. The highest BCUT2D eigenvalue weighted by molar-refractivity contribution is 7.86. The summed E-state index contributed by atoms with van der Waals surface area (Å²) in [6.07, 6.45) is 0. The molecule has 0 aliphatic heterocycles. The lowest BCUT2D eigenvalue weighted by atomic mass is 10.3. The minimum Gasteiger partial charge on any atom is -0.301 e. The zero-order chi connectivity index (χ0) is 9.35. The van der Waals surface area contributed by atoms with Gasteiger partial charge in [-0.25, -0.2) is 0 Å². The van der Waals surface area contributed by atoms with Crippen LogP contribution in [0.15, 0.2) is 23.1 Å². The summed E-state index contributed by atoms with van der Waals surface area (Å²) in [6.45, 7) is 0. The van der Waals surface area contributed by atoms with Crippen molar-refractivity contribution in [1.29, 1.82) is 0 Å². The molecule has 0 aliphatic carbocycles. The summed E-state index contributed by atoms with van der Waals surface area (Å²) in [7, 11) is -4.36. The van der Waals surface area contributed by atoms with Crippen molar-refractivity contribution in [1.82, 2.24) is 11.5 Å². The number of hydrogen-bond donors (Lipinski definition) is 1. The molecule has 1 aromatic rings. The molecular formula is C6H6N2O3S. The van der Waals surface area contributed by atoms with Gasteiger partial charge in [0.15, 0.2) is 0 Å². The van der Waals surface area contributed by atoms with Gasteiger partial charge in [0, 0.05) is 0 Å². The molecule has 0 fully saturated rings. The molecule has 0 aliphatic rings. The van der Waals surface area contributed by atoms with Crippen LogP contribution in [0.1, 0.15) is 0 Å². The second-order valence-corrected chi connectivity index (χ2v) is 3.58. The molecule has 0 saturated carbocycles. The average Bonchev–Trinajstić information content (AvgIpc) is 1.92. The highest BCUT2D eigenvalue weighted by Crippen LogP contribution is 2.22. The standard InChI is InChI=1S/C6H6N2O3S/c7-4-1-2-5(8)6(3-4)12(9,10)11/h1-3,7-8H,(H,9,10,11). The van der Waals surface area contributed by atoms with Crippen molar-refractivity contribution in [3.05, 3.63) is 18.2 Å². The first kappa shape index (κ1) is 8.82. The third-order valence-electron chi connectivity index (χ3n) is 1.26. The van der Waals surface area contributed by atoms with Crippen LogP contribution in [0.3, 0.4) is 0 Å². The van der Waals surface area contributed by atoms with Crippen molar-refractivity contribution in [3.63, 3.8) is 0 Å². The van der Waals surface area contributed by atoms with Crippen LogP contribution in [-0.2, 0) is 10.1 Å². The lowest BCUT2D eigenvalue weighted by Gasteiger charge is -2.00. The van der Waals surface area contributed by atoms with Gasteiger partial charge in [-0.2, -0.15) is 8.42 Å². The SMILES string of the molecule is [NH]c1ccc([NH])c(S(=O)(=O)O)c1. The molecule has 6 heteroatoms. The minimum atomic E-state index is -4.36. The van der Waals surface area contributed by atoms with Gasteiger partial charge in [0.25, 0.3) is 10.1 Å². The smallest absolute Gasteiger partial charge is 0.296 e. The molecule has 1 aromatic carbocycles. The van der Waals surface area contributed by atoms with Crippen LogP contribution in [0.2, 0.25) is 0 Å². The maximum atomic E-state index is 10.6. The van der Waals surface area contributed by atoms with Gasteiger partial charge in [-0.05, 0) is 18.2 Å². The van der Waals surface area contributed by atoms with Crippen molar-refractivity contribution in [2.75, 3.05) is 0 Å². The summed E-state index contributed by atoms with van der Waals surface area (Å²) in [5, 5.41) is 0. The van der Waals surface area contributed by atoms with E-state index in [1.54, 1.807) is 0 Å². The molecule has 1 rings (SSSR count). The molecule has 64 valence electrons. The van der Waals surface area contributed by atoms with E-state index in [-0.39, 0.29) is 11.4 Å². The van der Waals surface area contributed by atoms with Crippen molar-refractivity contribution in [2.45, 2.75) is 4.90 Å². The van der Waals surface area contributed by atoms with E-state index in [9.17, 15) is 8.42 Å². The zero-order valence-electron chi connectivity index (χ0n) is 5.90. The topological polar surface area (TPSA) is 102 Å². The Kier molecular flexibility index (Phi) is 1.95. The fraction of sp³-hybridized carbons (Fsp3) is 0. The molecule has 0 aromatic heterocycles. The van der Waals surface area contributed by atoms with Crippen LogP contribution >= 0.6 is 0 Å². The molecule has 0 bridgehead atoms. The summed E-state index contributed by atoms with van der Waals surface area (Å²) in [6, 6.07) is 3.35. The monoisotopic (exact) mass is 186 g/mol. The van der Waals surface area contributed by atoms with Crippen molar-refractivity contribution < 1.29 is 13.0 Å². The maximum absolute atomic E-state index is 10.6. The molecule has 0 saturated heterocycles. The predicted molar refractivity (Wildman–Crippen MR) is 41.8 cm³/mol. The van der Waals surface area contributed by atoms with E-state index >= 15 is 0 Å². The molecule has 0 unspecified atom stereocenters. The third-order valence-corrected chi connectivity index (χ3v) is 2.15. The van der Waals surface area contributed by atoms with Gasteiger partial charge in [0.05, 0.1) is 11.4 Å². The van der Waals surface area contributed by atoms with Gasteiger partial charge in [-0.3, -0.25) is 10.3 Å².